The number of hydrogen-bond acceptors (Lipinski definition) is 3. The molecule has 0 saturated heterocycles. The van der Waals surface area contributed by atoms with Crippen LogP contribution in [0.15, 0.2) is 30.3 Å². The topological polar surface area (TPSA) is 21.3 Å². The largest absolute Gasteiger partial charge is 0.497 e. The monoisotopic (exact) mass is 279 g/mol. The molecule has 1 atom stereocenters. The molecule has 4 heteroatoms. The molecule has 0 aliphatic heterocycles. The first-order valence-corrected chi connectivity index (χ1v) is 7.14. The minimum atomic E-state index is 0.371. The van der Waals surface area contributed by atoms with E-state index < -0.39 is 0 Å². The van der Waals surface area contributed by atoms with E-state index in [0.29, 0.717) is 6.04 Å². The van der Waals surface area contributed by atoms with Crippen molar-refractivity contribution in [1.82, 2.24) is 0 Å². The zero-order valence-electron chi connectivity index (χ0n) is 10.1. The predicted molar refractivity (Wildman–Crippen MR) is 77.0 cm³/mol. The van der Waals surface area contributed by atoms with Crippen LogP contribution in [0.4, 0.5) is 5.69 Å². The van der Waals surface area contributed by atoms with Crippen LogP contribution < -0.4 is 10.1 Å². The summed E-state index contributed by atoms with van der Waals surface area (Å²) in [5, 5.41) is 3.55. The van der Waals surface area contributed by atoms with Gasteiger partial charge in [0.1, 0.15) is 5.75 Å². The Morgan fingerprint density at radius 3 is 3.11 bits per heavy atom. The maximum Gasteiger partial charge on any atom is 0.120 e. The van der Waals surface area contributed by atoms with Gasteiger partial charge in [0.2, 0.25) is 0 Å². The number of aryl methyl sites for hydroxylation is 1. The van der Waals surface area contributed by atoms with E-state index in [9.17, 15) is 0 Å². The van der Waals surface area contributed by atoms with E-state index >= 15 is 0 Å². The van der Waals surface area contributed by atoms with E-state index in [1.165, 1.54) is 10.4 Å². The number of rotatable bonds is 3. The molecule has 1 N–H and O–H groups in total. The molecule has 1 aromatic heterocycles. The maximum absolute atomic E-state index is 6.07. The zero-order valence-corrected chi connectivity index (χ0v) is 11.6. The first kappa shape index (κ1) is 11.9. The Morgan fingerprint density at radius 1 is 1.39 bits per heavy atom. The van der Waals surface area contributed by atoms with Gasteiger partial charge in [0.05, 0.1) is 17.5 Å². The van der Waals surface area contributed by atoms with Gasteiger partial charge in [-0.15, -0.1) is 11.3 Å². The Labute approximate surface area is 116 Å². The first-order valence-electron chi connectivity index (χ1n) is 5.95. The third-order valence-corrected chi connectivity index (χ3v) is 4.60. The van der Waals surface area contributed by atoms with Gasteiger partial charge in [-0.05, 0) is 36.6 Å². The smallest absolute Gasteiger partial charge is 0.120 e. The summed E-state index contributed by atoms with van der Waals surface area (Å²) in [6, 6.07) is 10.5. The molecule has 18 heavy (non-hydrogen) atoms. The number of hydrogen-bond donors (Lipinski definition) is 1. The lowest BCUT2D eigenvalue weighted by atomic mass is 10.1. The summed E-state index contributed by atoms with van der Waals surface area (Å²) in [5.41, 5.74) is 2.45. The molecule has 2 aromatic rings. The molecular weight excluding hydrogens is 266 g/mol. The van der Waals surface area contributed by atoms with Gasteiger partial charge in [0, 0.05) is 16.6 Å². The van der Waals surface area contributed by atoms with E-state index in [1.54, 1.807) is 18.4 Å². The van der Waals surface area contributed by atoms with E-state index in [2.05, 4.69) is 17.4 Å². The molecule has 3 rings (SSSR count). The summed E-state index contributed by atoms with van der Waals surface area (Å²) in [6.45, 7) is 0. The van der Waals surface area contributed by atoms with E-state index in [0.717, 1.165) is 28.6 Å². The molecule has 0 saturated carbocycles. The fraction of sp³-hybridized carbons (Fsp3) is 0.286. The Balaban J connectivity index is 1.81. The molecule has 2 nitrogen and oxygen atoms in total. The number of nitrogens with one attached hydrogen (secondary N) is 1. The number of fused-ring (bicyclic) bond motifs is 1. The van der Waals surface area contributed by atoms with E-state index in [-0.39, 0.29) is 0 Å². The van der Waals surface area contributed by atoms with Crippen LogP contribution in [0.5, 0.6) is 5.75 Å². The van der Waals surface area contributed by atoms with Gasteiger partial charge in [0.25, 0.3) is 0 Å². The van der Waals surface area contributed by atoms with Gasteiger partial charge >= 0.3 is 0 Å². The highest BCUT2D eigenvalue weighted by Crippen LogP contribution is 2.41. The van der Waals surface area contributed by atoms with Gasteiger partial charge in [0.15, 0.2) is 0 Å². The van der Waals surface area contributed by atoms with Crippen molar-refractivity contribution in [3.8, 4) is 5.75 Å². The fourth-order valence-electron chi connectivity index (χ4n) is 2.39. The molecule has 0 amide bonds. The minimum Gasteiger partial charge on any atom is -0.497 e. The van der Waals surface area contributed by atoms with Crippen LogP contribution in [0.2, 0.25) is 4.34 Å². The second-order valence-corrected chi connectivity index (χ2v) is 6.16. The summed E-state index contributed by atoms with van der Waals surface area (Å²) in [4.78, 5) is 1.42. The lowest BCUT2D eigenvalue weighted by molar-refractivity contribution is 0.415. The van der Waals surface area contributed by atoms with Crippen molar-refractivity contribution >= 4 is 28.6 Å². The number of halogens is 1. The Kier molecular flexibility index (Phi) is 3.18. The zero-order chi connectivity index (χ0) is 12.5. The summed E-state index contributed by atoms with van der Waals surface area (Å²) in [7, 11) is 1.69. The number of anilines is 1. The average Bonchev–Trinajstić information content (AvgIpc) is 2.90. The van der Waals surface area contributed by atoms with Gasteiger partial charge in [-0.2, -0.15) is 0 Å². The molecule has 1 unspecified atom stereocenters. The minimum absolute atomic E-state index is 0.371. The third-order valence-electron chi connectivity index (χ3n) is 3.26. The summed E-state index contributed by atoms with van der Waals surface area (Å²) in [5.74, 6) is 0.876. The van der Waals surface area contributed by atoms with Crippen molar-refractivity contribution in [2.45, 2.75) is 18.9 Å². The highest BCUT2D eigenvalue weighted by Gasteiger charge is 2.24. The molecule has 0 radical (unpaired) electrons. The number of methoxy groups -OCH3 is 1. The fourth-order valence-corrected chi connectivity index (χ4v) is 3.75. The molecule has 94 valence electrons. The summed E-state index contributed by atoms with van der Waals surface area (Å²) >= 11 is 7.76. The van der Waals surface area contributed by atoms with E-state index in [1.807, 2.05) is 18.2 Å². The predicted octanol–water partition coefficient (Wildman–Crippen LogP) is 4.51. The Bertz CT molecular complexity index is 567. The van der Waals surface area contributed by atoms with Crippen molar-refractivity contribution in [2.24, 2.45) is 0 Å². The molecule has 1 heterocycles. The van der Waals surface area contributed by atoms with Crippen LogP contribution in [0.1, 0.15) is 22.9 Å². The number of ether oxygens (including phenoxy) is 1. The summed E-state index contributed by atoms with van der Waals surface area (Å²) < 4.78 is 6.12. The second kappa shape index (κ2) is 4.82. The lowest BCUT2D eigenvalue weighted by Crippen LogP contribution is -2.06. The molecular formula is C14H14ClNOS. The second-order valence-electron chi connectivity index (χ2n) is 4.40. The first-order chi connectivity index (χ1) is 8.76. The molecule has 1 aliphatic carbocycles. The molecule has 0 bridgehead atoms. The molecule has 1 aromatic carbocycles. The van der Waals surface area contributed by atoms with Crippen LogP contribution in [0.25, 0.3) is 0 Å². The normalized spacial score (nSPS) is 17.6. The van der Waals surface area contributed by atoms with Crippen LogP contribution in [-0.2, 0) is 6.42 Å². The number of thiophene rings is 1. The number of benzene rings is 1. The van der Waals surface area contributed by atoms with Crippen LogP contribution in [-0.4, -0.2) is 7.11 Å². The standard InChI is InChI=1S/C14H14ClNOS/c1-17-10-4-2-3-9(7-10)16-12-5-6-13-11(12)8-14(15)18-13/h2-4,7-8,12,16H,5-6H2,1H3. The van der Waals surface area contributed by atoms with Crippen molar-refractivity contribution in [3.05, 3.63) is 45.1 Å². The molecule has 1 aliphatic rings. The molecule has 0 spiro atoms. The van der Waals surface area contributed by atoms with Gasteiger partial charge in [-0.25, -0.2) is 0 Å². The van der Waals surface area contributed by atoms with E-state index in [4.69, 9.17) is 16.3 Å². The highest BCUT2D eigenvalue weighted by atomic mass is 35.5. The molecule has 0 fully saturated rings. The van der Waals surface area contributed by atoms with Crippen LogP contribution in [0, 0.1) is 0 Å². The van der Waals surface area contributed by atoms with Crippen molar-refractivity contribution in [3.63, 3.8) is 0 Å². The van der Waals surface area contributed by atoms with Crippen LogP contribution >= 0.6 is 22.9 Å². The lowest BCUT2D eigenvalue weighted by Gasteiger charge is -2.15. The van der Waals surface area contributed by atoms with Crippen molar-refractivity contribution < 1.29 is 4.74 Å². The highest BCUT2D eigenvalue weighted by molar-refractivity contribution is 7.16. The Morgan fingerprint density at radius 2 is 2.28 bits per heavy atom. The maximum atomic E-state index is 6.07. The quantitative estimate of drug-likeness (QED) is 0.892. The third kappa shape index (κ3) is 2.20. The van der Waals surface area contributed by atoms with Crippen molar-refractivity contribution in [1.29, 1.82) is 0 Å². The average molecular weight is 280 g/mol. The van der Waals surface area contributed by atoms with Gasteiger partial charge in [-0.3, -0.25) is 0 Å². The summed E-state index contributed by atoms with van der Waals surface area (Å²) in [6.07, 6.45) is 2.25. The Hall–Kier alpha value is -1.19. The van der Waals surface area contributed by atoms with Crippen LogP contribution in [0.3, 0.4) is 0 Å². The van der Waals surface area contributed by atoms with Crippen molar-refractivity contribution in [2.75, 3.05) is 12.4 Å². The SMILES string of the molecule is COc1cccc(NC2CCc3sc(Cl)cc32)c1. The van der Waals surface area contributed by atoms with Gasteiger partial charge in [-0.1, -0.05) is 17.7 Å². The van der Waals surface area contributed by atoms with Gasteiger partial charge < -0.3 is 10.1 Å².